The van der Waals surface area contributed by atoms with Gasteiger partial charge in [-0.15, -0.1) is 0 Å². The van der Waals surface area contributed by atoms with Crippen molar-refractivity contribution < 1.29 is 4.74 Å². The van der Waals surface area contributed by atoms with E-state index in [0.717, 1.165) is 30.6 Å². The highest BCUT2D eigenvalue weighted by Gasteiger charge is 2.28. The Balaban J connectivity index is 1.44. The van der Waals surface area contributed by atoms with Crippen LogP contribution >= 0.6 is 0 Å². The quantitative estimate of drug-likeness (QED) is 0.653. The lowest BCUT2D eigenvalue weighted by molar-refractivity contribution is 0.245. The van der Waals surface area contributed by atoms with Crippen LogP contribution in [0.2, 0.25) is 0 Å². The highest BCUT2D eigenvalue weighted by atomic mass is 16.5. The summed E-state index contributed by atoms with van der Waals surface area (Å²) in [5.74, 6) is 0.914. The molecule has 4 nitrogen and oxygen atoms in total. The fourth-order valence-electron chi connectivity index (χ4n) is 3.14. The van der Waals surface area contributed by atoms with E-state index < -0.39 is 0 Å². The van der Waals surface area contributed by atoms with Crippen molar-refractivity contribution in [3.63, 3.8) is 0 Å². The molecule has 0 spiro atoms. The van der Waals surface area contributed by atoms with E-state index in [1.54, 1.807) is 13.3 Å². The Hall–Kier alpha value is -2.59. The molecule has 2 aromatic carbocycles. The summed E-state index contributed by atoms with van der Waals surface area (Å²) in [4.78, 5) is 6.68. The van der Waals surface area contributed by atoms with Gasteiger partial charge < -0.3 is 9.30 Å². The summed E-state index contributed by atoms with van der Waals surface area (Å²) in [7, 11) is 1.71. The van der Waals surface area contributed by atoms with Gasteiger partial charge >= 0.3 is 0 Å². The monoisotopic (exact) mass is 333 g/mol. The first-order valence-electron chi connectivity index (χ1n) is 8.76. The largest absolute Gasteiger partial charge is 0.497 e. The van der Waals surface area contributed by atoms with E-state index in [2.05, 4.69) is 46.3 Å². The van der Waals surface area contributed by atoms with Crippen molar-refractivity contribution in [2.45, 2.75) is 32.0 Å². The predicted molar refractivity (Wildman–Crippen MR) is 98.8 cm³/mol. The molecular weight excluding hydrogens is 310 g/mol. The molecule has 3 aromatic rings. The van der Waals surface area contributed by atoms with Crippen LogP contribution in [0.4, 0.5) is 0 Å². The molecule has 1 aliphatic rings. The Bertz CT molecular complexity index is 790. The number of rotatable bonds is 7. The van der Waals surface area contributed by atoms with Crippen LogP contribution in [-0.2, 0) is 13.1 Å². The summed E-state index contributed by atoms with van der Waals surface area (Å²) in [6.07, 6.45) is 8.22. The minimum Gasteiger partial charge on any atom is -0.497 e. The third-order valence-electron chi connectivity index (χ3n) is 4.73. The molecule has 0 N–H and O–H groups in total. The minimum atomic E-state index is 0.718. The second kappa shape index (κ2) is 7.11. The van der Waals surface area contributed by atoms with Gasteiger partial charge in [0.05, 0.1) is 13.4 Å². The van der Waals surface area contributed by atoms with Crippen LogP contribution in [0.1, 0.15) is 24.0 Å². The molecule has 0 unspecified atom stereocenters. The zero-order chi connectivity index (χ0) is 17.1. The fourth-order valence-corrected chi connectivity index (χ4v) is 3.14. The number of nitrogens with zero attached hydrogens (tertiary/aromatic N) is 3. The van der Waals surface area contributed by atoms with Crippen molar-refractivity contribution in [3.8, 4) is 11.4 Å². The Labute approximate surface area is 148 Å². The van der Waals surface area contributed by atoms with Gasteiger partial charge in [-0.1, -0.05) is 24.3 Å². The average Bonchev–Trinajstić information content (AvgIpc) is 3.37. The number of methoxy groups -OCH3 is 1. The van der Waals surface area contributed by atoms with E-state index in [-0.39, 0.29) is 0 Å². The third kappa shape index (κ3) is 3.91. The maximum Gasteiger partial charge on any atom is 0.118 e. The van der Waals surface area contributed by atoms with Gasteiger partial charge in [-0.25, -0.2) is 4.98 Å². The van der Waals surface area contributed by atoms with E-state index in [1.165, 1.54) is 24.0 Å². The van der Waals surface area contributed by atoms with E-state index in [0.29, 0.717) is 0 Å². The molecule has 1 fully saturated rings. The van der Waals surface area contributed by atoms with Crippen molar-refractivity contribution >= 4 is 0 Å². The van der Waals surface area contributed by atoms with Crippen molar-refractivity contribution in [2.24, 2.45) is 0 Å². The number of aromatic nitrogens is 2. The topological polar surface area (TPSA) is 30.3 Å². The summed E-state index contributed by atoms with van der Waals surface area (Å²) in [5.41, 5.74) is 3.83. The number of imidazole rings is 1. The first-order valence-corrected chi connectivity index (χ1v) is 8.76. The van der Waals surface area contributed by atoms with Gasteiger partial charge in [-0.05, 0) is 48.2 Å². The molecule has 0 atom stereocenters. The first-order chi connectivity index (χ1) is 12.3. The highest BCUT2D eigenvalue weighted by molar-refractivity contribution is 5.34. The van der Waals surface area contributed by atoms with Crippen LogP contribution in [0.25, 0.3) is 5.69 Å². The van der Waals surface area contributed by atoms with E-state index in [9.17, 15) is 0 Å². The van der Waals surface area contributed by atoms with Crippen molar-refractivity contribution in [3.05, 3.63) is 78.4 Å². The smallest absolute Gasteiger partial charge is 0.118 e. The lowest BCUT2D eigenvalue weighted by Crippen LogP contribution is -2.25. The molecule has 1 aromatic heterocycles. The highest BCUT2D eigenvalue weighted by Crippen LogP contribution is 2.30. The zero-order valence-corrected chi connectivity index (χ0v) is 14.5. The van der Waals surface area contributed by atoms with Crippen LogP contribution in [0.3, 0.4) is 0 Å². The molecular formula is C21H23N3O. The Morgan fingerprint density at radius 2 is 1.64 bits per heavy atom. The predicted octanol–water partition coefficient (Wildman–Crippen LogP) is 4.05. The van der Waals surface area contributed by atoms with Crippen molar-refractivity contribution in [1.29, 1.82) is 0 Å². The molecule has 0 radical (unpaired) electrons. The van der Waals surface area contributed by atoms with E-state index in [4.69, 9.17) is 4.74 Å². The second-order valence-electron chi connectivity index (χ2n) is 6.62. The maximum atomic E-state index is 5.25. The summed E-state index contributed by atoms with van der Waals surface area (Å²) in [5, 5.41) is 0. The van der Waals surface area contributed by atoms with Crippen LogP contribution < -0.4 is 4.74 Å². The Kier molecular flexibility index (Phi) is 4.53. The molecule has 128 valence electrons. The Morgan fingerprint density at radius 1 is 1.00 bits per heavy atom. The van der Waals surface area contributed by atoms with Crippen LogP contribution in [0.15, 0.2) is 67.3 Å². The van der Waals surface area contributed by atoms with Gasteiger partial charge in [-0.2, -0.15) is 0 Å². The number of ether oxygens (including phenoxy) is 1. The molecule has 4 heteroatoms. The summed E-state index contributed by atoms with van der Waals surface area (Å²) >= 11 is 0. The number of hydrogen-bond acceptors (Lipinski definition) is 3. The summed E-state index contributed by atoms with van der Waals surface area (Å²) in [6.45, 7) is 1.97. The van der Waals surface area contributed by atoms with Gasteiger partial charge in [0.25, 0.3) is 0 Å². The Morgan fingerprint density at radius 3 is 2.16 bits per heavy atom. The number of benzene rings is 2. The lowest BCUT2D eigenvalue weighted by atomic mass is 10.1. The van der Waals surface area contributed by atoms with E-state index in [1.807, 2.05) is 29.2 Å². The molecule has 1 saturated carbocycles. The maximum absolute atomic E-state index is 5.25. The van der Waals surface area contributed by atoms with Gasteiger partial charge in [0, 0.05) is 37.2 Å². The first kappa shape index (κ1) is 15.9. The standard InChI is InChI=1S/C21H23N3O/c1-25-21-10-4-18(5-11-21)15-24(20-8-9-20)14-17-2-6-19(7-3-17)23-13-12-22-16-23/h2-7,10-13,16,20H,8-9,14-15H2,1H3. The minimum absolute atomic E-state index is 0.718. The van der Waals surface area contributed by atoms with Gasteiger partial charge in [0.15, 0.2) is 0 Å². The molecule has 0 bridgehead atoms. The second-order valence-corrected chi connectivity index (χ2v) is 6.62. The van der Waals surface area contributed by atoms with Gasteiger partial charge in [0.1, 0.15) is 5.75 Å². The van der Waals surface area contributed by atoms with Crippen LogP contribution in [0, 0.1) is 0 Å². The molecule has 1 heterocycles. The summed E-state index contributed by atoms with van der Waals surface area (Å²) < 4.78 is 7.28. The van der Waals surface area contributed by atoms with E-state index >= 15 is 0 Å². The normalized spacial score (nSPS) is 14.0. The molecule has 4 rings (SSSR count). The van der Waals surface area contributed by atoms with Gasteiger partial charge in [0.2, 0.25) is 0 Å². The fraction of sp³-hybridized carbons (Fsp3) is 0.286. The molecule has 25 heavy (non-hydrogen) atoms. The van der Waals surface area contributed by atoms with Crippen molar-refractivity contribution in [2.75, 3.05) is 7.11 Å². The molecule has 0 amide bonds. The molecule has 0 aliphatic heterocycles. The van der Waals surface area contributed by atoms with Crippen LogP contribution in [0.5, 0.6) is 5.75 Å². The van der Waals surface area contributed by atoms with Crippen molar-refractivity contribution in [1.82, 2.24) is 14.5 Å². The molecule has 0 saturated heterocycles. The summed E-state index contributed by atoms with van der Waals surface area (Å²) in [6, 6.07) is 17.9. The lowest BCUT2D eigenvalue weighted by Gasteiger charge is -2.22. The zero-order valence-electron chi connectivity index (χ0n) is 14.5. The molecule has 1 aliphatic carbocycles. The van der Waals surface area contributed by atoms with Crippen LogP contribution in [-0.4, -0.2) is 27.6 Å². The SMILES string of the molecule is COc1ccc(CN(Cc2ccc(-n3ccnc3)cc2)C2CC2)cc1. The number of hydrogen-bond donors (Lipinski definition) is 0. The average molecular weight is 333 g/mol. The van der Waals surface area contributed by atoms with Gasteiger partial charge in [-0.3, -0.25) is 4.90 Å². The third-order valence-corrected chi connectivity index (χ3v) is 4.73.